The zero-order chi connectivity index (χ0) is 22.9. The van der Waals surface area contributed by atoms with Gasteiger partial charge in [0.25, 0.3) is 11.7 Å². The van der Waals surface area contributed by atoms with Crippen molar-refractivity contribution in [2.75, 3.05) is 27.2 Å². The van der Waals surface area contributed by atoms with Crippen LogP contribution in [-0.2, 0) is 9.59 Å². The Morgan fingerprint density at radius 1 is 1.16 bits per heavy atom. The third-order valence-electron chi connectivity index (χ3n) is 5.60. The fourth-order valence-corrected chi connectivity index (χ4v) is 3.79. The lowest BCUT2D eigenvalue weighted by Crippen LogP contribution is -2.35. The first-order valence-corrected chi connectivity index (χ1v) is 10.5. The molecule has 1 aliphatic rings. The minimum absolute atomic E-state index is 0.0802. The zero-order valence-electron chi connectivity index (χ0n) is 19.0. The van der Waals surface area contributed by atoms with E-state index in [0.717, 1.165) is 11.1 Å². The highest BCUT2D eigenvalue weighted by molar-refractivity contribution is 6.46. The van der Waals surface area contributed by atoms with Gasteiger partial charge in [-0.25, -0.2) is 9.97 Å². The maximum Gasteiger partial charge on any atom is 0.295 e. The van der Waals surface area contributed by atoms with E-state index in [1.807, 2.05) is 43.3 Å². The number of carbonyl (C=O) groups excluding carboxylic acids is 2. The number of likely N-dealkylation sites (N-methyl/N-ethyl adjacent to an activating group) is 1. The van der Waals surface area contributed by atoms with Gasteiger partial charge in [-0.1, -0.05) is 38.1 Å². The van der Waals surface area contributed by atoms with Crippen LogP contribution in [0.3, 0.4) is 0 Å². The molecule has 0 saturated carbocycles. The van der Waals surface area contributed by atoms with Crippen LogP contribution in [0.5, 0.6) is 0 Å². The Kier molecular flexibility index (Phi) is 6.55. The molecule has 0 aliphatic carbocycles. The Hall–Kier alpha value is -3.06. The van der Waals surface area contributed by atoms with Gasteiger partial charge in [-0.2, -0.15) is 0 Å². The number of benzene rings is 1. The van der Waals surface area contributed by atoms with Gasteiger partial charge in [0.1, 0.15) is 11.6 Å². The van der Waals surface area contributed by atoms with E-state index in [-0.39, 0.29) is 11.3 Å². The minimum Gasteiger partial charge on any atom is -0.507 e. The molecule has 1 aliphatic heterocycles. The summed E-state index contributed by atoms with van der Waals surface area (Å²) in [6.45, 7) is 8.69. The molecule has 1 aromatic carbocycles. The summed E-state index contributed by atoms with van der Waals surface area (Å²) in [5.41, 5.74) is 2.95. The molecule has 1 aromatic heterocycles. The van der Waals surface area contributed by atoms with Gasteiger partial charge in [0.2, 0.25) is 0 Å². The Labute approximate surface area is 183 Å². The van der Waals surface area contributed by atoms with E-state index >= 15 is 0 Å². The standard InChI is InChI=1S/C24H30N4O3/c1-14(2)17-7-9-18(10-8-17)21-20(22(29)19-13-25-16(4)26-15(19)3)23(30)24(31)28(21)12-11-27(5)6/h7-10,13-14,21,29H,11-12H2,1-6H3/t21-/m0/s1. The van der Waals surface area contributed by atoms with Crippen molar-refractivity contribution in [1.29, 1.82) is 0 Å². The smallest absolute Gasteiger partial charge is 0.295 e. The van der Waals surface area contributed by atoms with Gasteiger partial charge in [0.05, 0.1) is 22.9 Å². The van der Waals surface area contributed by atoms with Crippen molar-refractivity contribution in [3.05, 3.63) is 64.2 Å². The van der Waals surface area contributed by atoms with Crippen molar-refractivity contribution in [2.24, 2.45) is 0 Å². The van der Waals surface area contributed by atoms with Gasteiger partial charge in [-0.05, 0) is 45.0 Å². The summed E-state index contributed by atoms with van der Waals surface area (Å²) < 4.78 is 0. The molecular formula is C24H30N4O3. The number of hydrogen-bond acceptors (Lipinski definition) is 6. The molecular weight excluding hydrogens is 392 g/mol. The van der Waals surface area contributed by atoms with Crippen LogP contribution in [0.4, 0.5) is 0 Å². The van der Waals surface area contributed by atoms with Gasteiger partial charge >= 0.3 is 0 Å². The molecule has 1 atom stereocenters. The molecule has 0 radical (unpaired) electrons. The molecule has 7 nitrogen and oxygen atoms in total. The van der Waals surface area contributed by atoms with Crippen molar-refractivity contribution in [2.45, 2.75) is 39.7 Å². The quantitative estimate of drug-likeness (QED) is 0.437. The van der Waals surface area contributed by atoms with Crippen LogP contribution < -0.4 is 0 Å². The second-order valence-electron chi connectivity index (χ2n) is 8.53. The van der Waals surface area contributed by atoms with Gasteiger partial charge in [-0.3, -0.25) is 9.59 Å². The van der Waals surface area contributed by atoms with Gasteiger partial charge in [-0.15, -0.1) is 0 Å². The summed E-state index contributed by atoms with van der Waals surface area (Å²) in [5.74, 6) is -0.592. The number of Topliss-reactive ketones (excluding diaryl/α,β-unsaturated/α-hetero) is 1. The summed E-state index contributed by atoms with van der Waals surface area (Å²) in [6, 6.07) is 7.21. The molecule has 2 heterocycles. The molecule has 1 fully saturated rings. The number of aliphatic hydroxyl groups is 1. The number of aryl methyl sites for hydroxylation is 2. The molecule has 1 saturated heterocycles. The number of carbonyl (C=O) groups is 2. The van der Waals surface area contributed by atoms with Gasteiger partial charge in [0, 0.05) is 19.3 Å². The predicted octanol–water partition coefficient (Wildman–Crippen LogP) is 3.20. The number of aromatic nitrogens is 2. The number of aliphatic hydroxyl groups excluding tert-OH is 1. The number of ketones is 1. The number of hydrogen-bond donors (Lipinski definition) is 1. The fourth-order valence-electron chi connectivity index (χ4n) is 3.79. The monoisotopic (exact) mass is 422 g/mol. The van der Waals surface area contributed by atoms with Crippen LogP contribution in [0.1, 0.15) is 54.0 Å². The predicted molar refractivity (Wildman–Crippen MR) is 120 cm³/mol. The number of rotatable bonds is 6. The minimum atomic E-state index is -0.686. The van der Waals surface area contributed by atoms with Crippen molar-refractivity contribution in [1.82, 2.24) is 19.8 Å². The molecule has 164 valence electrons. The van der Waals surface area contributed by atoms with Crippen molar-refractivity contribution in [3.63, 3.8) is 0 Å². The van der Waals surface area contributed by atoms with Crippen LogP contribution >= 0.6 is 0 Å². The number of likely N-dealkylation sites (tertiary alicyclic amines) is 1. The average molecular weight is 423 g/mol. The molecule has 0 spiro atoms. The highest BCUT2D eigenvalue weighted by Crippen LogP contribution is 2.39. The first-order chi connectivity index (χ1) is 14.6. The Morgan fingerprint density at radius 3 is 2.35 bits per heavy atom. The molecule has 0 bridgehead atoms. The van der Waals surface area contributed by atoms with Crippen LogP contribution in [-0.4, -0.2) is 63.7 Å². The molecule has 7 heteroatoms. The molecule has 1 N–H and O–H groups in total. The van der Waals surface area contributed by atoms with Crippen LogP contribution in [0, 0.1) is 13.8 Å². The second kappa shape index (κ2) is 8.98. The van der Waals surface area contributed by atoms with Gasteiger partial charge in [0.15, 0.2) is 0 Å². The van der Waals surface area contributed by atoms with Crippen LogP contribution in [0.2, 0.25) is 0 Å². The third kappa shape index (κ3) is 4.51. The second-order valence-corrected chi connectivity index (χ2v) is 8.53. The summed E-state index contributed by atoms with van der Waals surface area (Å²) in [6.07, 6.45) is 1.50. The maximum absolute atomic E-state index is 13.0. The lowest BCUT2D eigenvalue weighted by molar-refractivity contribution is -0.140. The van der Waals surface area contributed by atoms with E-state index in [4.69, 9.17) is 0 Å². The molecule has 0 unspecified atom stereocenters. The Morgan fingerprint density at radius 2 is 1.81 bits per heavy atom. The highest BCUT2D eigenvalue weighted by atomic mass is 16.3. The molecule has 31 heavy (non-hydrogen) atoms. The topological polar surface area (TPSA) is 86.6 Å². The Balaban J connectivity index is 2.16. The van der Waals surface area contributed by atoms with Crippen molar-refractivity contribution in [3.8, 4) is 0 Å². The van der Waals surface area contributed by atoms with E-state index in [0.29, 0.717) is 36.1 Å². The summed E-state index contributed by atoms with van der Waals surface area (Å²) in [4.78, 5) is 37.9. The summed E-state index contributed by atoms with van der Waals surface area (Å²) in [7, 11) is 3.83. The van der Waals surface area contributed by atoms with E-state index in [1.165, 1.54) is 6.20 Å². The van der Waals surface area contributed by atoms with E-state index < -0.39 is 17.7 Å². The lowest BCUT2D eigenvalue weighted by Gasteiger charge is -2.27. The molecule has 1 amide bonds. The summed E-state index contributed by atoms with van der Waals surface area (Å²) in [5, 5.41) is 11.1. The lowest BCUT2D eigenvalue weighted by atomic mass is 9.93. The first kappa shape index (κ1) is 22.6. The SMILES string of the molecule is Cc1ncc(C(O)=C2C(=O)C(=O)N(CCN(C)C)[C@H]2c2ccc(C(C)C)cc2)c(C)n1. The number of nitrogens with zero attached hydrogens (tertiary/aromatic N) is 4. The normalized spacial score (nSPS) is 18.5. The largest absolute Gasteiger partial charge is 0.507 e. The van der Waals surface area contributed by atoms with Gasteiger partial charge < -0.3 is 14.9 Å². The molecule has 3 rings (SSSR count). The highest BCUT2D eigenvalue weighted by Gasteiger charge is 2.46. The zero-order valence-corrected chi connectivity index (χ0v) is 19.0. The van der Waals surface area contributed by atoms with E-state index in [1.54, 1.807) is 18.7 Å². The molecule has 2 aromatic rings. The number of amides is 1. The third-order valence-corrected chi connectivity index (χ3v) is 5.60. The fraction of sp³-hybridized carbons (Fsp3) is 0.417. The van der Waals surface area contributed by atoms with Crippen molar-refractivity contribution < 1.29 is 14.7 Å². The van der Waals surface area contributed by atoms with Crippen LogP contribution in [0.25, 0.3) is 5.76 Å². The van der Waals surface area contributed by atoms with E-state index in [9.17, 15) is 14.7 Å². The Bertz CT molecular complexity index is 1030. The summed E-state index contributed by atoms with van der Waals surface area (Å²) >= 11 is 0. The van der Waals surface area contributed by atoms with Crippen molar-refractivity contribution >= 4 is 17.4 Å². The maximum atomic E-state index is 13.0. The first-order valence-electron chi connectivity index (χ1n) is 10.5. The van der Waals surface area contributed by atoms with Crippen LogP contribution in [0.15, 0.2) is 36.0 Å². The average Bonchev–Trinajstić information content (AvgIpc) is 2.96. The van der Waals surface area contributed by atoms with E-state index in [2.05, 4.69) is 23.8 Å².